The maximum absolute atomic E-state index is 2.35. The Bertz CT molecular complexity index is 705. The van der Waals surface area contributed by atoms with E-state index in [0.717, 1.165) is 0 Å². The number of hydrogen-bond donors (Lipinski definition) is 0. The topological polar surface area (TPSA) is 0 Å². The van der Waals surface area contributed by atoms with Gasteiger partial charge in [0, 0.05) is 0 Å². The molecule has 0 atom stereocenters. The van der Waals surface area contributed by atoms with Gasteiger partial charge in [0.1, 0.15) is 0 Å². The molecule has 0 unspecified atom stereocenters. The fourth-order valence-electron chi connectivity index (χ4n) is 11.4. The molecule has 0 aromatic heterocycles. The molecule has 0 nitrogen and oxygen atoms in total. The normalized spacial score (nSPS) is 12.2. The van der Waals surface area contributed by atoms with Crippen LogP contribution in [0.5, 0.6) is 0 Å². The first-order chi connectivity index (χ1) is 31.7. The molecule has 64 heavy (non-hydrogen) atoms. The first-order valence-corrected chi connectivity index (χ1v) is 34.6. The van der Waals surface area contributed by atoms with Gasteiger partial charge < -0.3 is 0 Å². The Labute approximate surface area is 410 Å². The van der Waals surface area contributed by atoms with Gasteiger partial charge in [-0.2, -0.15) is 0 Å². The van der Waals surface area contributed by atoms with E-state index in [9.17, 15) is 0 Å². The van der Waals surface area contributed by atoms with Gasteiger partial charge in [-0.05, 0) is 0 Å². The molecule has 0 aromatic rings. The number of unbranched alkanes of at least 4 members (excludes halogenated alkanes) is 51. The van der Waals surface area contributed by atoms with Crippen molar-refractivity contribution in [2.75, 3.05) is 24.6 Å². The first kappa shape index (κ1) is 64.4. The summed E-state index contributed by atoms with van der Waals surface area (Å²) in [6.45, 7) is 9.35. The van der Waals surface area contributed by atoms with Crippen LogP contribution in [0.4, 0.5) is 0 Å². The third-order valence-corrected chi connectivity index (χ3v) is 21.6. The molecule has 0 bridgehead atoms. The first-order valence-electron chi connectivity index (χ1n) is 31.7. The molecule has 388 valence electrons. The smallest absolute Gasteiger partial charge is 0.0654 e. The monoisotopic (exact) mass is 919 g/mol. The Balaban J connectivity index is 4.88. The molecular formula is C63H131P. The molecule has 0 rings (SSSR count). The zero-order chi connectivity index (χ0) is 46.2. The SMILES string of the molecule is CCCCCCCCCCCCCCCCC[PH](CCCCCCCCCCCC)(CCCCCCCCCCCCCCCCC)CCCCCCCCCCCCCCCCC. The van der Waals surface area contributed by atoms with Crippen LogP contribution in [0.15, 0.2) is 0 Å². The molecule has 0 spiro atoms. The summed E-state index contributed by atoms with van der Waals surface area (Å²) in [7, 11) is -1.20. The van der Waals surface area contributed by atoms with E-state index in [1.807, 2.05) is 0 Å². The van der Waals surface area contributed by atoms with Gasteiger partial charge >= 0.3 is 315 Å². The summed E-state index contributed by atoms with van der Waals surface area (Å²) in [4.78, 5) is 0. The molecule has 0 aliphatic carbocycles. The van der Waals surface area contributed by atoms with Crippen molar-refractivity contribution >= 4 is 7.26 Å². The molecule has 1 heteroatoms. The second-order valence-electron chi connectivity index (χ2n) is 22.5. The van der Waals surface area contributed by atoms with Crippen molar-refractivity contribution in [2.45, 2.75) is 381 Å². The molecule has 0 aliphatic heterocycles. The number of hydrogen-bond acceptors (Lipinski definition) is 0. The zero-order valence-electron chi connectivity index (χ0n) is 46.2. The van der Waals surface area contributed by atoms with Crippen LogP contribution in [-0.4, -0.2) is 24.6 Å². The van der Waals surface area contributed by atoms with Crippen molar-refractivity contribution in [3.05, 3.63) is 0 Å². The molecule has 0 aromatic carbocycles. The molecule has 0 saturated heterocycles. The van der Waals surface area contributed by atoms with Crippen molar-refractivity contribution in [3.8, 4) is 0 Å². The van der Waals surface area contributed by atoms with Gasteiger partial charge in [-0.15, -0.1) is 0 Å². The molecular weight excluding hydrogens is 788 g/mol. The quantitative estimate of drug-likeness (QED) is 0.0421. The van der Waals surface area contributed by atoms with E-state index >= 15 is 0 Å². The van der Waals surface area contributed by atoms with Crippen LogP contribution in [-0.2, 0) is 0 Å². The summed E-state index contributed by atoms with van der Waals surface area (Å²) in [5, 5.41) is 0. The standard InChI is InChI=1S/C63H131P/c1-5-9-13-17-21-25-29-32-35-38-41-45-49-53-57-61-64(60-56-52-48-44-28-24-20-16-12-8-4,62-58-54-50-46-42-39-36-33-30-26-22-18-14-10-6-2)63-59-55-51-47-43-40-37-34-31-27-23-19-15-11-7-3/h64H,5-63H2,1-4H3. The van der Waals surface area contributed by atoms with E-state index in [0.29, 0.717) is 0 Å². The Morgan fingerprint density at radius 1 is 0.125 bits per heavy atom. The summed E-state index contributed by atoms with van der Waals surface area (Å²) < 4.78 is 0. The summed E-state index contributed by atoms with van der Waals surface area (Å²) in [5.74, 6) is 0. The second kappa shape index (κ2) is 57.7. The van der Waals surface area contributed by atoms with E-state index in [2.05, 4.69) is 27.7 Å². The zero-order valence-corrected chi connectivity index (χ0v) is 47.2. The Hall–Kier alpha value is 0.430. The third-order valence-electron chi connectivity index (χ3n) is 16.0. The average Bonchev–Trinajstić information content (AvgIpc) is 3.30. The van der Waals surface area contributed by atoms with E-state index in [1.165, 1.54) is 302 Å². The van der Waals surface area contributed by atoms with Gasteiger partial charge in [0.05, 0.1) is 0 Å². The molecule has 0 N–H and O–H groups in total. The van der Waals surface area contributed by atoms with Crippen LogP contribution in [0.3, 0.4) is 0 Å². The maximum atomic E-state index is 2.35. The summed E-state index contributed by atoms with van der Waals surface area (Å²) in [6, 6.07) is 0. The minimum absolute atomic E-state index is 1.20. The van der Waals surface area contributed by atoms with Crippen LogP contribution in [0.25, 0.3) is 0 Å². The van der Waals surface area contributed by atoms with Gasteiger partial charge in [-0.3, -0.25) is 0 Å². The fraction of sp³-hybridized carbons (Fsp3) is 1.00. The Morgan fingerprint density at radius 2 is 0.219 bits per heavy atom. The van der Waals surface area contributed by atoms with Crippen LogP contribution < -0.4 is 0 Å². The summed E-state index contributed by atoms with van der Waals surface area (Å²) >= 11 is 0. The predicted octanol–water partition coefficient (Wildman–Crippen LogP) is 24.3. The molecule has 0 amide bonds. The van der Waals surface area contributed by atoms with Gasteiger partial charge in [0.15, 0.2) is 0 Å². The second-order valence-corrected chi connectivity index (χ2v) is 27.5. The Kier molecular flexibility index (Phi) is 58.1. The van der Waals surface area contributed by atoms with Crippen LogP contribution in [0.2, 0.25) is 0 Å². The van der Waals surface area contributed by atoms with Crippen molar-refractivity contribution < 1.29 is 0 Å². The summed E-state index contributed by atoms with van der Waals surface area (Å²) in [6.07, 6.45) is 89.0. The van der Waals surface area contributed by atoms with Crippen LogP contribution >= 0.6 is 7.26 Å². The van der Waals surface area contributed by atoms with E-state index in [4.69, 9.17) is 0 Å². The van der Waals surface area contributed by atoms with E-state index < -0.39 is 7.26 Å². The van der Waals surface area contributed by atoms with Crippen molar-refractivity contribution in [1.82, 2.24) is 0 Å². The minimum atomic E-state index is -1.20. The van der Waals surface area contributed by atoms with E-state index in [-0.39, 0.29) is 0 Å². The van der Waals surface area contributed by atoms with Gasteiger partial charge in [0.2, 0.25) is 0 Å². The summed E-state index contributed by atoms with van der Waals surface area (Å²) in [5.41, 5.74) is 0. The molecule has 0 saturated carbocycles. The molecule has 0 heterocycles. The minimum Gasteiger partial charge on any atom is -0.0654 e. The van der Waals surface area contributed by atoms with Crippen molar-refractivity contribution in [3.63, 3.8) is 0 Å². The van der Waals surface area contributed by atoms with Gasteiger partial charge in [-0.25, -0.2) is 0 Å². The Morgan fingerprint density at radius 3 is 0.328 bits per heavy atom. The molecule has 0 radical (unpaired) electrons. The predicted molar refractivity (Wildman–Crippen MR) is 304 cm³/mol. The van der Waals surface area contributed by atoms with Crippen molar-refractivity contribution in [2.24, 2.45) is 0 Å². The molecule has 0 aliphatic rings. The van der Waals surface area contributed by atoms with E-state index in [1.54, 1.807) is 76.0 Å². The van der Waals surface area contributed by atoms with Gasteiger partial charge in [0.25, 0.3) is 0 Å². The average molecular weight is 920 g/mol. The number of rotatable bonds is 59. The van der Waals surface area contributed by atoms with Crippen LogP contribution in [0, 0.1) is 0 Å². The fourth-order valence-corrected chi connectivity index (χ4v) is 16.9. The molecule has 0 fully saturated rings. The third kappa shape index (κ3) is 51.8. The van der Waals surface area contributed by atoms with Crippen molar-refractivity contribution in [1.29, 1.82) is 0 Å². The van der Waals surface area contributed by atoms with Gasteiger partial charge in [-0.1, -0.05) is 97.8 Å². The van der Waals surface area contributed by atoms with Crippen LogP contribution in [0.1, 0.15) is 381 Å².